The van der Waals surface area contributed by atoms with Crippen molar-refractivity contribution >= 4 is 11.9 Å². The Balaban J connectivity index is 4.39. The van der Waals surface area contributed by atoms with Gasteiger partial charge in [0.25, 0.3) is 0 Å². The van der Waals surface area contributed by atoms with Crippen LogP contribution in [-0.4, -0.2) is 25.2 Å². The zero-order valence-electron chi connectivity index (χ0n) is 16.0. The zero-order valence-corrected chi connectivity index (χ0v) is 16.0. The van der Waals surface area contributed by atoms with Gasteiger partial charge in [0, 0.05) is 0 Å². The number of rotatable bonds is 12. The molecule has 0 aromatic carbocycles. The maximum atomic E-state index is 12.3. The third-order valence-corrected chi connectivity index (χ3v) is 3.95. The first-order valence-corrected chi connectivity index (χ1v) is 9.02. The number of hydrogen-bond acceptors (Lipinski definition) is 4. The fourth-order valence-corrected chi connectivity index (χ4v) is 2.64. The Labute approximate surface area is 142 Å². The maximum Gasteiger partial charge on any atom is 0.311 e. The molecule has 0 rings (SSSR count). The lowest BCUT2D eigenvalue weighted by atomic mass is 9.75. The van der Waals surface area contributed by atoms with Gasteiger partial charge in [-0.1, -0.05) is 39.5 Å². The molecule has 23 heavy (non-hydrogen) atoms. The highest BCUT2D eigenvalue weighted by Crippen LogP contribution is 2.35. The first kappa shape index (κ1) is 21.9. The Hall–Kier alpha value is -1.06. The van der Waals surface area contributed by atoms with Gasteiger partial charge in [0.2, 0.25) is 0 Å². The molecule has 0 amide bonds. The maximum absolute atomic E-state index is 12.3. The molecule has 0 aliphatic carbocycles. The van der Waals surface area contributed by atoms with Crippen LogP contribution in [0.15, 0.2) is 0 Å². The van der Waals surface area contributed by atoms with Crippen molar-refractivity contribution in [3.05, 3.63) is 0 Å². The SMILES string of the molecule is CCCCCCOC(=O)C(C)(C)CC(C)(C)C(=O)OCCCC. The van der Waals surface area contributed by atoms with Crippen LogP contribution >= 0.6 is 0 Å². The summed E-state index contributed by atoms with van der Waals surface area (Å²) >= 11 is 0. The van der Waals surface area contributed by atoms with Crippen molar-refractivity contribution in [3.8, 4) is 0 Å². The molecule has 0 unspecified atom stereocenters. The molecule has 0 atom stereocenters. The number of hydrogen-bond donors (Lipinski definition) is 0. The summed E-state index contributed by atoms with van der Waals surface area (Å²) in [6.45, 7) is 12.4. The van der Waals surface area contributed by atoms with Gasteiger partial charge in [-0.2, -0.15) is 0 Å². The van der Waals surface area contributed by atoms with E-state index in [0.29, 0.717) is 19.6 Å². The molecule has 0 aromatic rings. The molecule has 0 saturated carbocycles. The monoisotopic (exact) mass is 328 g/mol. The standard InChI is InChI=1S/C19H36O4/c1-7-9-11-12-14-23-17(21)19(5,6)15-18(3,4)16(20)22-13-10-8-2/h7-15H2,1-6H3. The van der Waals surface area contributed by atoms with Gasteiger partial charge >= 0.3 is 11.9 Å². The third-order valence-electron chi connectivity index (χ3n) is 3.95. The second-order valence-electron chi connectivity index (χ2n) is 7.63. The van der Waals surface area contributed by atoms with Crippen LogP contribution in [0.5, 0.6) is 0 Å². The average Bonchev–Trinajstić information content (AvgIpc) is 2.45. The molecular formula is C19H36O4. The molecule has 0 N–H and O–H groups in total. The summed E-state index contributed by atoms with van der Waals surface area (Å²) in [5, 5.41) is 0. The molecule has 0 radical (unpaired) electrons. The number of carbonyl (C=O) groups excluding carboxylic acids is 2. The highest BCUT2D eigenvalue weighted by atomic mass is 16.5. The lowest BCUT2D eigenvalue weighted by Gasteiger charge is -2.31. The van der Waals surface area contributed by atoms with E-state index in [1.807, 2.05) is 27.7 Å². The molecule has 0 aliphatic heterocycles. The van der Waals surface area contributed by atoms with Crippen LogP contribution in [0.2, 0.25) is 0 Å². The molecule has 0 bridgehead atoms. The third kappa shape index (κ3) is 8.97. The lowest BCUT2D eigenvalue weighted by Crippen LogP contribution is -2.37. The van der Waals surface area contributed by atoms with Crippen molar-refractivity contribution in [1.82, 2.24) is 0 Å². The quantitative estimate of drug-likeness (QED) is 0.378. The van der Waals surface area contributed by atoms with Crippen LogP contribution in [0, 0.1) is 10.8 Å². The minimum absolute atomic E-state index is 0.233. The van der Waals surface area contributed by atoms with Crippen molar-refractivity contribution in [3.63, 3.8) is 0 Å². The minimum atomic E-state index is -0.696. The van der Waals surface area contributed by atoms with Gasteiger partial charge in [-0.3, -0.25) is 9.59 Å². The van der Waals surface area contributed by atoms with E-state index in [4.69, 9.17) is 9.47 Å². The topological polar surface area (TPSA) is 52.6 Å². The second kappa shape index (κ2) is 10.7. The summed E-state index contributed by atoms with van der Waals surface area (Å²) in [5.41, 5.74) is -1.39. The Morgan fingerprint density at radius 1 is 0.696 bits per heavy atom. The van der Waals surface area contributed by atoms with Gasteiger partial charge in [0.05, 0.1) is 24.0 Å². The highest BCUT2D eigenvalue weighted by Gasteiger charge is 2.40. The number of esters is 2. The predicted octanol–water partition coefficient (Wildman–Crippen LogP) is 4.90. The van der Waals surface area contributed by atoms with E-state index < -0.39 is 10.8 Å². The Morgan fingerprint density at radius 3 is 1.57 bits per heavy atom. The van der Waals surface area contributed by atoms with Crippen LogP contribution < -0.4 is 0 Å². The van der Waals surface area contributed by atoms with Crippen LogP contribution in [-0.2, 0) is 19.1 Å². The molecule has 0 aromatic heterocycles. The number of carbonyl (C=O) groups is 2. The normalized spacial score (nSPS) is 12.1. The van der Waals surface area contributed by atoms with Gasteiger partial charge in [0.1, 0.15) is 0 Å². The minimum Gasteiger partial charge on any atom is -0.465 e. The molecule has 0 heterocycles. The first-order chi connectivity index (χ1) is 10.7. The summed E-state index contributed by atoms with van der Waals surface area (Å²) in [5.74, 6) is -0.474. The van der Waals surface area contributed by atoms with Crippen LogP contribution in [0.4, 0.5) is 0 Å². The van der Waals surface area contributed by atoms with Crippen LogP contribution in [0.3, 0.4) is 0 Å². The van der Waals surface area contributed by atoms with Gasteiger partial charge in [-0.15, -0.1) is 0 Å². The summed E-state index contributed by atoms with van der Waals surface area (Å²) in [7, 11) is 0. The number of unbranched alkanes of at least 4 members (excludes halogenated alkanes) is 4. The molecule has 136 valence electrons. The van der Waals surface area contributed by atoms with E-state index in [-0.39, 0.29) is 11.9 Å². The first-order valence-electron chi connectivity index (χ1n) is 9.02. The zero-order chi connectivity index (χ0) is 17.9. The Bertz CT molecular complexity index is 358. The van der Waals surface area contributed by atoms with E-state index in [2.05, 4.69) is 13.8 Å². The molecule has 0 fully saturated rings. The van der Waals surface area contributed by atoms with E-state index in [9.17, 15) is 9.59 Å². The van der Waals surface area contributed by atoms with E-state index in [1.54, 1.807) is 0 Å². The predicted molar refractivity (Wildman–Crippen MR) is 93.1 cm³/mol. The lowest BCUT2D eigenvalue weighted by molar-refractivity contribution is -0.162. The largest absolute Gasteiger partial charge is 0.465 e. The van der Waals surface area contributed by atoms with Crippen molar-refractivity contribution in [2.24, 2.45) is 10.8 Å². The summed E-state index contributed by atoms with van der Waals surface area (Å²) in [6.07, 6.45) is 6.58. The summed E-state index contributed by atoms with van der Waals surface area (Å²) in [4.78, 5) is 24.5. The summed E-state index contributed by atoms with van der Waals surface area (Å²) < 4.78 is 10.7. The van der Waals surface area contributed by atoms with Gasteiger partial charge < -0.3 is 9.47 Å². The molecule has 0 saturated heterocycles. The van der Waals surface area contributed by atoms with Gasteiger partial charge in [-0.05, 0) is 47.0 Å². The van der Waals surface area contributed by atoms with Crippen molar-refractivity contribution in [2.45, 2.75) is 86.5 Å². The van der Waals surface area contributed by atoms with E-state index >= 15 is 0 Å². The van der Waals surface area contributed by atoms with E-state index in [1.165, 1.54) is 0 Å². The number of ether oxygens (including phenoxy) is 2. The van der Waals surface area contributed by atoms with E-state index in [0.717, 1.165) is 38.5 Å². The van der Waals surface area contributed by atoms with Crippen LogP contribution in [0.1, 0.15) is 86.5 Å². The van der Waals surface area contributed by atoms with Gasteiger partial charge in [0.15, 0.2) is 0 Å². The van der Waals surface area contributed by atoms with Crippen molar-refractivity contribution in [2.75, 3.05) is 13.2 Å². The molecule has 4 heteroatoms. The smallest absolute Gasteiger partial charge is 0.311 e. The molecule has 0 aliphatic rings. The fraction of sp³-hybridized carbons (Fsp3) is 0.895. The molecular weight excluding hydrogens is 292 g/mol. The van der Waals surface area contributed by atoms with Crippen molar-refractivity contribution in [1.29, 1.82) is 0 Å². The Morgan fingerprint density at radius 2 is 1.13 bits per heavy atom. The fourth-order valence-electron chi connectivity index (χ4n) is 2.64. The second-order valence-corrected chi connectivity index (χ2v) is 7.63. The Kier molecular flexibility index (Phi) is 10.2. The van der Waals surface area contributed by atoms with Gasteiger partial charge in [-0.25, -0.2) is 0 Å². The highest BCUT2D eigenvalue weighted by molar-refractivity contribution is 5.80. The van der Waals surface area contributed by atoms with Crippen LogP contribution in [0.25, 0.3) is 0 Å². The summed E-state index contributed by atoms with van der Waals surface area (Å²) in [6, 6.07) is 0. The average molecular weight is 328 g/mol. The molecule has 4 nitrogen and oxygen atoms in total. The van der Waals surface area contributed by atoms with Crippen molar-refractivity contribution < 1.29 is 19.1 Å². The molecule has 0 spiro atoms.